The second-order valence-electron chi connectivity index (χ2n) is 11.5. The lowest BCUT2D eigenvalue weighted by Crippen LogP contribution is -2.30. The van der Waals surface area contributed by atoms with Crippen LogP contribution in [0.25, 0.3) is 32.7 Å². The van der Waals surface area contributed by atoms with Gasteiger partial charge in [-0.15, -0.1) is 0 Å². The summed E-state index contributed by atoms with van der Waals surface area (Å²) in [4.78, 5) is 49.4. The fourth-order valence-corrected chi connectivity index (χ4v) is 6.52. The lowest BCUT2D eigenvalue weighted by atomic mass is 9.87. The average Bonchev–Trinajstić information content (AvgIpc) is 3.00. The first-order chi connectivity index (χ1) is 22.4. The van der Waals surface area contributed by atoms with Crippen LogP contribution >= 0.6 is 0 Å². The smallest absolute Gasteiger partial charge is 0.342 e. The Balaban J connectivity index is 1.57. The van der Waals surface area contributed by atoms with E-state index in [4.69, 9.17) is 18.9 Å². The third-order valence-electron chi connectivity index (χ3n) is 8.52. The van der Waals surface area contributed by atoms with E-state index in [0.29, 0.717) is 11.1 Å². The van der Waals surface area contributed by atoms with Gasteiger partial charge in [0.25, 0.3) is 0 Å². The highest BCUT2D eigenvalue weighted by molar-refractivity contribution is 6.13. The topological polar surface area (TPSA) is 195 Å². The zero-order chi connectivity index (χ0) is 33.9. The molecule has 2 atom stereocenters. The zero-order valence-corrected chi connectivity index (χ0v) is 25.8. The summed E-state index contributed by atoms with van der Waals surface area (Å²) in [6, 6.07) is 6.10. The van der Waals surface area contributed by atoms with Gasteiger partial charge in [-0.1, -0.05) is 0 Å². The summed E-state index contributed by atoms with van der Waals surface area (Å²) in [5.41, 5.74) is 0.0987. The molecule has 0 fully saturated rings. The summed E-state index contributed by atoms with van der Waals surface area (Å²) in [7, 11) is 3.85. The molecule has 2 aliphatic heterocycles. The van der Waals surface area contributed by atoms with Crippen LogP contribution in [0.1, 0.15) is 51.6 Å². The molecule has 2 heterocycles. The van der Waals surface area contributed by atoms with Gasteiger partial charge in [-0.3, -0.25) is 9.59 Å². The van der Waals surface area contributed by atoms with Gasteiger partial charge in [-0.05, 0) is 53.1 Å². The van der Waals surface area contributed by atoms with Crippen molar-refractivity contribution in [3.05, 3.63) is 46.5 Å². The molecule has 0 saturated carbocycles. The quantitative estimate of drug-likeness (QED) is 0.165. The van der Waals surface area contributed by atoms with E-state index in [1.54, 1.807) is 12.1 Å². The number of ether oxygens (including phenoxy) is 5. The van der Waals surface area contributed by atoms with Gasteiger partial charge >= 0.3 is 17.9 Å². The predicted octanol–water partition coefficient (Wildman–Crippen LogP) is 4.20. The van der Waals surface area contributed by atoms with Crippen LogP contribution in [0.3, 0.4) is 0 Å². The largest absolute Gasteiger partial charge is 0.506 e. The molecule has 13 nitrogen and oxygen atoms in total. The standard InChI is InChI=1S/C34H30O13/c1-13(35)5-18-8-14-6-16-10-20(43-2)27(31(39)23(16)29(37)25(14)33(41)46-18)28-21(44-3)11-17-7-15-9-19(12-22(36)45-4)47-34(42)26(15)30(38)24(17)32(28)40/h6-7,10-11,18-19,37-40H,5,8-9,12H2,1-4H3/t18-,19+/m0/s1. The second-order valence-corrected chi connectivity index (χ2v) is 11.5. The SMILES string of the molecule is COC(=O)C[C@H]1Cc2cc3cc(OC)c(-c4c(OC)cc5cc6c(c(O)c5c4O)C(=O)O[C@@H](CC(C)=O)C6)c(O)c3c(O)c2C(=O)O1. The van der Waals surface area contributed by atoms with Crippen molar-refractivity contribution in [3.8, 4) is 45.6 Å². The first kappa shape index (κ1) is 31.3. The van der Waals surface area contributed by atoms with E-state index >= 15 is 0 Å². The number of benzene rings is 4. The minimum absolute atomic E-state index is 0.000368. The molecule has 4 N–H and O–H groups in total. The Kier molecular flexibility index (Phi) is 7.70. The van der Waals surface area contributed by atoms with Crippen LogP contribution in [0.15, 0.2) is 24.3 Å². The Bertz CT molecular complexity index is 2040. The molecule has 244 valence electrons. The van der Waals surface area contributed by atoms with Crippen LogP contribution in [-0.2, 0) is 36.6 Å². The number of hydrogen-bond acceptors (Lipinski definition) is 13. The van der Waals surface area contributed by atoms with Crippen molar-refractivity contribution in [2.45, 2.75) is 44.8 Å². The molecule has 0 radical (unpaired) electrons. The summed E-state index contributed by atoms with van der Waals surface area (Å²) in [6.45, 7) is 1.38. The monoisotopic (exact) mass is 646 g/mol. The van der Waals surface area contributed by atoms with Gasteiger partial charge in [0.15, 0.2) is 0 Å². The van der Waals surface area contributed by atoms with Gasteiger partial charge in [0.1, 0.15) is 63.6 Å². The molecule has 13 heteroatoms. The van der Waals surface area contributed by atoms with Gasteiger partial charge in [-0.25, -0.2) is 9.59 Å². The summed E-state index contributed by atoms with van der Waals surface area (Å²) in [6.07, 6.45) is -1.49. The van der Waals surface area contributed by atoms with Crippen LogP contribution in [0, 0.1) is 0 Å². The van der Waals surface area contributed by atoms with Crippen LogP contribution in [0.5, 0.6) is 34.5 Å². The Labute approximate surface area is 266 Å². The molecule has 0 unspecified atom stereocenters. The van der Waals surface area contributed by atoms with Gasteiger partial charge < -0.3 is 44.1 Å². The molecular formula is C34H30O13. The molecule has 4 aromatic rings. The van der Waals surface area contributed by atoms with Gasteiger partial charge in [0, 0.05) is 19.3 Å². The zero-order valence-electron chi connectivity index (χ0n) is 25.8. The van der Waals surface area contributed by atoms with E-state index < -0.39 is 53.1 Å². The molecule has 0 aromatic heterocycles. The minimum Gasteiger partial charge on any atom is -0.506 e. The van der Waals surface area contributed by atoms with E-state index in [2.05, 4.69) is 4.74 Å². The van der Waals surface area contributed by atoms with E-state index in [0.717, 1.165) is 0 Å². The lowest BCUT2D eigenvalue weighted by Gasteiger charge is -2.27. The fraction of sp³-hybridized carbons (Fsp3) is 0.294. The first-order valence-electron chi connectivity index (χ1n) is 14.5. The third-order valence-corrected chi connectivity index (χ3v) is 8.52. The Morgan fingerprint density at radius 1 is 0.681 bits per heavy atom. The lowest BCUT2D eigenvalue weighted by molar-refractivity contribution is -0.143. The summed E-state index contributed by atoms with van der Waals surface area (Å²) in [5.74, 6) is -4.83. The number of rotatable bonds is 7. The number of carbonyl (C=O) groups is 4. The molecule has 47 heavy (non-hydrogen) atoms. The number of fused-ring (bicyclic) bond motifs is 4. The number of hydrogen-bond donors (Lipinski definition) is 4. The van der Waals surface area contributed by atoms with Crippen LogP contribution in [0.4, 0.5) is 0 Å². The Morgan fingerprint density at radius 2 is 1.09 bits per heavy atom. The summed E-state index contributed by atoms with van der Waals surface area (Å²) in [5, 5.41) is 46.4. The highest BCUT2D eigenvalue weighted by atomic mass is 16.6. The van der Waals surface area contributed by atoms with Gasteiger partial charge in [-0.2, -0.15) is 0 Å². The molecule has 4 aromatic carbocycles. The number of methoxy groups -OCH3 is 3. The van der Waals surface area contributed by atoms with Crippen molar-refractivity contribution in [2.24, 2.45) is 0 Å². The number of Topliss-reactive ketones (excluding diaryl/α,β-unsaturated/α-hetero) is 1. The first-order valence-corrected chi connectivity index (χ1v) is 14.5. The van der Waals surface area contributed by atoms with E-state index in [9.17, 15) is 39.6 Å². The second kappa shape index (κ2) is 11.6. The number of esters is 3. The molecule has 0 spiro atoms. The van der Waals surface area contributed by atoms with Crippen molar-refractivity contribution in [3.63, 3.8) is 0 Å². The molecule has 2 aliphatic rings. The number of phenols is 4. The maximum Gasteiger partial charge on any atom is 0.342 e. The van der Waals surface area contributed by atoms with E-state index in [1.165, 1.54) is 40.4 Å². The molecule has 0 aliphatic carbocycles. The molecule has 0 amide bonds. The average molecular weight is 647 g/mol. The summed E-state index contributed by atoms with van der Waals surface area (Å²) < 4.78 is 26.6. The van der Waals surface area contributed by atoms with Crippen LogP contribution in [-0.4, -0.2) is 77.7 Å². The number of phenolic OH excluding ortho intramolecular Hbond substituents is 4. The van der Waals surface area contributed by atoms with E-state index in [1.807, 2.05) is 0 Å². The molecule has 0 saturated heterocycles. The minimum atomic E-state index is -0.908. The van der Waals surface area contributed by atoms with E-state index in [-0.39, 0.29) is 86.8 Å². The molecule has 6 rings (SSSR count). The van der Waals surface area contributed by atoms with Crippen molar-refractivity contribution >= 4 is 45.2 Å². The highest BCUT2D eigenvalue weighted by Crippen LogP contribution is 2.56. The van der Waals surface area contributed by atoms with Gasteiger partial charge in [0.2, 0.25) is 0 Å². The van der Waals surface area contributed by atoms with Crippen molar-refractivity contribution in [1.29, 1.82) is 0 Å². The Morgan fingerprint density at radius 3 is 1.47 bits per heavy atom. The predicted molar refractivity (Wildman–Crippen MR) is 164 cm³/mol. The maximum atomic E-state index is 13.0. The van der Waals surface area contributed by atoms with Crippen LogP contribution in [0.2, 0.25) is 0 Å². The van der Waals surface area contributed by atoms with Crippen molar-refractivity contribution in [2.75, 3.05) is 21.3 Å². The van der Waals surface area contributed by atoms with Crippen molar-refractivity contribution < 1.29 is 63.3 Å². The number of cyclic esters (lactones) is 2. The normalized spacial score (nSPS) is 17.0. The number of ketones is 1. The number of aromatic hydroxyl groups is 4. The molecular weight excluding hydrogens is 616 g/mol. The van der Waals surface area contributed by atoms with Crippen molar-refractivity contribution in [1.82, 2.24) is 0 Å². The summed E-state index contributed by atoms with van der Waals surface area (Å²) >= 11 is 0. The van der Waals surface area contributed by atoms with Gasteiger partial charge in [0.05, 0.1) is 49.6 Å². The molecule has 0 bridgehead atoms. The highest BCUT2D eigenvalue weighted by Gasteiger charge is 2.36. The van der Waals surface area contributed by atoms with Crippen LogP contribution < -0.4 is 9.47 Å². The fourth-order valence-electron chi connectivity index (χ4n) is 6.52. The number of carbonyl (C=O) groups excluding carboxylic acids is 4. The Hall–Kier alpha value is -5.72. The maximum absolute atomic E-state index is 13.0. The third kappa shape index (κ3) is 5.03.